The molecule has 0 aliphatic heterocycles. The van der Waals surface area contributed by atoms with Crippen molar-refractivity contribution in [3.63, 3.8) is 0 Å². The van der Waals surface area contributed by atoms with Crippen LogP contribution < -0.4 is 20.8 Å². The minimum absolute atomic E-state index is 0.115. The average molecular weight is 394 g/mol. The third-order valence-electron chi connectivity index (χ3n) is 4.05. The fourth-order valence-electron chi connectivity index (χ4n) is 2.41. The topological polar surface area (TPSA) is 109 Å². The highest BCUT2D eigenvalue weighted by atomic mass is 16.5. The largest absolute Gasteiger partial charge is 0.484 e. The van der Waals surface area contributed by atoms with Crippen molar-refractivity contribution in [2.45, 2.75) is 25.8 Å². The predicted octanol–water partition coefficient (Wildman–Crippen LogP) is 1.74. The first-order valence-corrected chi connectivity index (χ1v) is 9.23. The summed E-state index contributed by atoms with van der Waals surface area (Å²) in [7, 11) is 0. The maximum atomic E-state index is 12.0. The van der Waals surface area contributed by atoms with E-state index >= 15 is 0 Å². The number of amides is 3. The van der Waals surface area contributed by atoms with Gasteiger partial charge in [0.25, 0.3) is 5.91 Å². The second kappa shape index (κ2) is 9.50. The molecule has 0 bridgehead atoms. The number of nitrogens with one attached hydrogen (secondary N) is 3. The summed E-state index contributed by atoms with van der Waals surface area (Å²) in [4.78, 5) is 35.0. The van der Waals surface area contributed by atoms with Crippen molar-refractivity contribution >= 4 is 29.6 Å². The first-order chi connectivity index (χ1) is 14.0. The van der Waals surface area contributed by atoms with Crippen LogP contribution >= 0.6 is 0 Å². The van der Waals surface area contributed by atoms with E-state index in [0.29, 0.717) is 11.3 Å². The lowest BCUT2D eigenvalue weighted by molar-refractivity contribution is -0.139. The minimum Gasteiger partial charge on any atom is -0.484 e. The smallest absolute Gasteiger partial charge is 0.329 e. The number of carbonyl (C=O) groups is 3. The van der Waals surface area contributed by atoms with Gasteiger partial charge in [-0.1, -0.05) is 12.1 Å². The van der Waals surface area contributed by atoms with Crippen LogP contribution in [0.5, 0.6) is 5.75 Å². The Bertz CT molecular complexity index is 921. The van der Waals surface area contributed by atoms with Crippen molar-refractivity contribution in [1.82, 2.24) is 10.7 Å². The third kappa shape index (κ3) is 6.76. The Labute approximate surface area is 168 Å². The first-order valence-electron chi connectivity index (χ1n) is 9.23. The number of carbonyl (C=O) groups excluding carboxylic acids is 3. The molecule has 3 amide bonds. The summed E-state index contributed by atoms with van der Waals surface area (Å²) >= 11 is 0. The summed E-state index contributed by atoms with van der Waals surface area (Å²) < 4.78 is 5.46. The van der Waals surface area contributed by atoms with Crippen LogP contribution in [0.2, 0.25) is 0 Å². The van der Waals surface area contributed by atoms with Crippen LogP contribution in [0.4, 0.5) is 5.69 Å². The minimum atomic E-state index is -0.798. The molecule has 2 aromatic rings. The van der Waals surface area contributed by atoms with E-state index in [2.05, 4.69) is 21.2 Å². The average Bonchev–Trinajstić information content (AvgIpc) is 3.51. The van der Waals surface area contributed by atoms with Crippen molar-refractivity contribution < 1.29 is 19.1 Å². The molecule has 0 radical (unpaired) electrons. The van der Waals surface area contributed by atoms with Gasteiger partial charge in [-0.25, -0.2) is 5.43 Å². The van der Waals surface area contributed by atoms with E-state index in [9.17, 15) is 14.4 Å². The molecule has 0 spiro atoms. The number of nitrogens with zero attached hydrogens (tertiary/aromatic N) is 1. The van der Waals surface area contributed by atoms with Gasteiger partial charge in [0.2, 0.25) is 0 Å². The number of rotatable bonds is 7. The normalized spacial score (nSPS) is 13.0. The molecule has 0 aromatic heterocycles. The zero-order valence-corrected chi connectivity index (χ0v) is 16.0. The van der Waals surface area contributed by atoms with E-state index in [1.807, 2.05) is 31.2 Å². The second-order valence-corrected chi connectivity index (χ2v) is 6.72. The van der Waals surface area contributed by atoms with Crippen LogP contribution in [0, 0.1) is 6.92 Å². The van der Waals surface area contributed by atoms with Gasteiger partial charge in [-0.15, -0.1) is 0 Å². The van der Waals surface area contributed by atoms with E-state index in [4.69, 9.17) is 4.74 Å². The van der Waals surface area contributed by atoms with Crippen molar-refractivity contribution in [3.05, 3.63) is 59.7 Å². The molecule has 3 rings (SSSR count). The Morgan fingerprint density at radius 3 is 2.55 bits per heavy atom. The van der Waals surface area contributed by atoms with Gasteiger partial charge in [-0.3, -0.25) is 14.4 Å². The number of aryl methyl sites for hydroxylation is 1. The molecule has 0 atom stereocenters. The monoisotopic (exact) mass is 394 g/mol. The van der Waals surface area contributed by atoms with E-state index in [0.717, 1.165) is 24.1 Å². The number of ether oxygens (including phenoxy) is 1. The molecule has 1 fully saturated rings. The standard InChI is InChI=1S/C21H22N4O4/c1-14-3-2-4-17(11-14)23-19(26)13-29-18-9-5-15(6-10-18)12-22-25-21(28)20(27)24-16-7-8-16/h2-6,9-12,16H,7-8,13H2,1H3,(H,23,26)(H,24,27)(H,25,28)/b22-12-. The van der Waals surface area contributed by atoms with Crippen LogP contribution in [0.1, 0.15) is 24.0 Å². The molecule has 0 saturated heterocycles. The molecule has 29 heavy (non-hydrogen) atoms. The molecule has 1 aliphatic rings. The maximum absolute atomic E-state index is 12.0. The molecule has 0 unspecified atom stereocenters. The highest BCUT2D eigenvalue weighted by molar-refractivity contribution is 6.35. The summed E-state index contributed by atoms with van der Waals surface area (Å²) in [6, 6.07) is 14.4. The molecule has 150 valence electrons. The molecule has 3 N–H and O–H groups in total. The van der Waals surface area contributed by atoms with E-state index in [1.165, 1.54) is 6.21 Å². The summed E-state index contributed by atoms with van der Waals surface area (Å²) in [6.07, 6.45) is 3.23. The van der Waals surface area contributed by atoms with Crippen LogP contribution in [0.3, 0.4) is 0 Å². The van der Waals surface area contributed by atoms with E-state index in [1.54, 1.807) is 24.3 Å². The van der Waals surface area contributed by atoms with Gasteiger partial charge in [-0.2, -0.15) is 5.10 Å². The van der Waals surface area contributed by atoms with Crippen LogP contribution in [-0.2, 0) is 14.4 Å². The number of anilines is 1. The van der Waals surface area contributed by atoms with Crippen LogP contribution in [0.15, 0.2) is 53.6 Å². The van der Waals surface area contributed by atoms with Crippen molar-refractivity contribution in [2.75, 3.05) is 11.9 Å². The zero-order valence-electron chi connectivity index (χ0n) is 16.0. The van der Waals surface area contributed by atoms with Gasteiger partial charge in [0.15, 0.2) is 6.61 Å². The lowest BCUT2D eigenvalue weighted by Gasteiger charge is -2.08. The molecule has 0 heterocycles. The lowest BCUT2D eigenvalue weighted by Crippen LogP contribution is -2.38. The third-order valence-corrected chi connectivity index (χ3v) is 4.05. The second-order valence-electron chi connectivity index (χ2n) is 6.72. The van der Waals surface area contributed by atoms with Crippen LogP contribution in [-0.4, -0.2) is 36.6 Å². The number of benzene rings is 2. The van der Waals surface area contributed by atoms with Gasteiger partial charge in [0, 0.05) is 11.7 Å². The number of hydrogen-bond acceptors (Lipinski definition) is 5. The highest BCUT2D eigenvalue weighted by Gasteiger charge is 2.26. The van der Waals surface area contributed by atoms with Gasteiger partial charge in [-0.05, 0) is 67.3 Å². The fraction of sp³-hybridized carbons (Fsp3) is 0.238. The maximum Gasteiger partial charge on any atom is 0.329 e. The van der Waals surface area contributed by atoms with Crippen LogP contribution in [0.25, 0.3) is 0 Å². The van der Waals surface area contributed by atoms with Gasteiger partial charge in [0.05, 0.1) is 6.21 Å². The first kappa shape index (κ1) is 20.1. The van der Waals surface area contributed by atoms with E-state index in [-0.39, 0.29) is 18.6 Å². The molecule has 1 saturated carbocycles. The molecule has 2 aromatic carbocycles. The van der Waals surface area contributed by atoms with Gasteiger partial charge < -0.3 is 15.4 Å². The van der Waals surface area contributed by atoms with Gasteiger partial charge >= 0.3 is 11.8 Å². The Hall–Kier alpha value is -3.68. The number of hydrazone groups is 1. The molecular formula is C21H22N4O4. The summed E-state index contributed by atoms with van der Waals surface area (Å²) in [5.41, 5.74) is 4.66. The summed E-state index contributed by atoms with van der Waals surface area (Å²) in [6.45, 7) is 1.83. The zero-order chi connectivity index (χ0) is 20.6. The fourth-order valence-corrected chi connectivity index (χ4v) is 2.41. The van der Waals surface area contributed by atoms with Crippen molar-refractivity contribution in [1.29, 1.82) is 0 Å². The Morgan fingerprint density at radius 2 is 1.86 bits per heavy atom. The van der Waals surface area contributed by atoms with E-state index < -0.39 is 11.8 Å². The highest BCUT2D eigenvalue weighted by Crippen LogP contribution is 2.18. The summed E-state index contributed by atoms with van der Waals surface area (Å²) in [5.74, 6) is -1.21. The molecular weight excluding hydrogens is 372 g/mol. The molecule has 1 aliphatic carbocycles. The SMILES string of the molecule is Cc1cccc(NC(=O)COc2ccc(/C=N\NC(=O)C(=O)NC3CC3)cc2)c1. The Kier molecular flexibility index (Phi) is 6.57. The Morgan fingerprint density at radius 1 is 1.10 bits per heavy atom. The molecule has 8 heteroatoms. The quantitative estimate of drug-likeness (QED) is 0.378. The van der Waals surface area contributed by atoms with Crippen molar-refractivity contribution in [3.8, 4) is 5.75 Å². The summed E-state index contributed by atoms with van der Waals surface area (Å²) in [5, 5.41) is 9.10. The predicted molar refractivity (Wildman–Crippen MR) is 109 cm³/mol. The van der Waals surface area contributed by atoms with Crippen molar-refractivity contribution in [2.24, 2.45) is 5.10 Å². The van der Waals surface area contributed by atoms with Gasteiger partial charge in [0.1, 0.15) is 5.75 Å². The number of hydrogen-bond donors (Lipinski definition) is 3. The lowest BCUT2D eigenvalue weighted by atomic mass is 10.2. The Balaban J connectivity index is 1.41. The molecule has 8 nitrogen and oxygen atoms in total.